The molecular formula is C33H34Cl2N8O3. The van der Waals surface area contributed by atoms with Crippen LogP contribution in [0.2, 0.25) is 10.0 Å². The molecule has 0 unspecified atom stereocenters. The predicted octanol–water partition coefficient (Wildman–Crippen LogP) is 6.67. The molecule has 2 N–H and O–H groups in total. The lowest BCUT2D eigenvalue weighted by molar-refractivity contribution is -0.111. The molecule has 1 amide bonds. The highest BCUT2D eigenvalue weighted by Gasteiger charge is 2.24. The highest BCUT2D eigenvalue weighted by molar-refractivity contribution is 6.41. The van der Waals surface area contributed by atoms with Crippen molar-refractivity contribution in [1.29, 1.82) is 0 Å². The fraction of sp³-hybridized carbons (Fsp3) is 0.273. The Labute approximate surface area is 276 Å². The molecule has 46 heavy (non-hydrogen) atoms. The first kappa shape index (κ1) is 31.4. The first-order valence-corrected chi connectivity index (χ1v) is 15.5. The number of rotatable bonds is 9. The van der Waals surface area contributed by atoms with Crippen LogP contribution < -0.4 is 25.0 Å². The van der Waals surface area contributed by atoms with Crippen molar-refractivity contribution >= 4 is 68.5 Å². The van der Waals surface area contributed by atoms with Crippen LogP contribution >= 0.6 is 23.2 Å². The Morgan fingerprint density at radius 1 is 1.02 bits per heavy atom. The van der Waals surface area contributed by atoms with Crippen LogP contribution in [0.4, 0.5) is 22.9 Å². The number of hydrogen-bond acceptors (Lipinski definition) is 9. The van der Waals surface area contributed by atoms with Crippen LogP contribution in [0.1, 0.15) is 12.8 Å². The predicted molar refractivity (Wildman–Crippen MR) is 184 cm³/mol. The fourth-order valence-corrected chi connectivity index (χ4v) is 6.55. The minimum atomic E-state index is -0.304. The zero-order valence-corrected chi connectivity index (χ0v) is 27.5. The first-order chi connectivity index (χ1) is 22.2. The van der Waals surface area contributed by atoms with Crippen molar-refractivity contribution in [2.24, 2.45) is 0 Å². The highest BCUT2D eigenvalue weighted by atomic mass is 35.5. The van der Waals surface area contributed by atoms with Gasteiger partial charge < -0.3 is 29.9 Å². The van der Waals surface area contributed by atoms with Crippen molar-refractivity contribution in [3.05, 3.63) is 71.6 Å². The molecule has 0 radical (unpaired) electrons. The molecule has 0 bridgehead atoms. The number of carbonyl (C=O) groups is 1. The quantitative estimate of drug-likeness (QED) is 0.168. The molecule has 2 aromatic carbocycles. The van der Waals surface area contributed by atoms with Crippen molar-refractivity contribution in [3.63, 3.8) is 0 Å². The number of benzene rings is 2. The van der Waals surface area contributed by atoms with Gasteiger partial charge >= 0.3 is 0 Å². The number of pyridine rings is 2. The monoisotopic (exact) mass is 660 g/mol. The Kier molecular flexibility index (Phi) is 8.90. The molecule has 0 atom stereocenters. The standard InChI is InChI=1S/C33H34Cl2N8O3/c1-6-29(44)40-24-14-21(42-11-9-20(10-12-42)41(2)3)7-8-23(24)39-28-15-25-19(17-36-28)13-22(33-37-18-38-43(25)33)30-31(34)26(45-4)16-27(46-5)32(30)35/h6-8,13-18,20H,1,9-12H2,2-5H3,(H,36,39)(H,40,44). The van der Waals surface area contributed by atoms with Gasteiger partial charge in [0.05, 0.1) is 41.2 Å². The topological polar surface area (TPSA) is 109 Å². The average Bonchev–Trinajstić information content (AvgIpc) is 3.57. The van der Waals surface area contributed by atoms with Crippen LogP contribution in [0, 0.1) is 0 Å². The zero-order chi connectivity index (χ0) is 32.5. The van der Waals surface area contributed by atoms with Crippen LogP contribution in [0.15, 0.2) is 61.6 Å². The zero-order valence-electron chi connectivity index (χ0n) is 26.0. The lowest BCUT2D eigenvalue weighted by Gasteiger charge is -2.36. The third-order valence-corrected chi connectivity index (χ3v) is 9.09. The molecule has 1 aliphatic heterocycles. The van der Waals surface area contributed by atoms with E-state index in [9.17, 15) is 4.79 Å². The summed E-state index contributed by atoms with van der Waals surface area (Å²) in [5.41, 5.74) is 4.77. The number of nitrogens with one attached hydrogen (secondary N) is 2. The van der Waals surface area contributed by atoms with E-state index in [1.54, 1.807) is 16.8 Å². The van der Waals surface area contributed by atoms with E-state index in [1.165, 1.54) is 26.6 Å². The minimum Gasteiger partial charge on any atom is -0.495 e. The van der Waals surface area contributed by atoms with Gasteiger partial charge in [-0.2, -0.15) is 5.10 Å². The molecule has 6 rings (SSSR count). The number of methoxy groups -OCH3 is 2. The van der Waals surface area contributed by atoms with Gasteiger partial charge in [-0.15, -0.1) is 0 Å². The summed E-state index contributed by atoms with van der Waals surface area (Å²) in [7, 11) is 7.31. The lowest BCUT2D eigenvalue weighted by atomic mass is 10.0. The average molecular weight is 662 g/mol. The van der Waals surface area contributed by atoms with Gasteiger partial charge in [-0.1, -0.05) is 29.8 Å². The molecule has 11 nitrogen and oxygen atoms in total. The van der Waals surface area contributed by atoms with Crippen LogP contribution in [0.5, 0.6) is 11.5 Å². The molecule has 3 aromatic heterocycles. The van der Waals surface area contributed by atoms with Gasteiger partial charge in [-0.05, 0) is 57.3 Å². The summed E-state index contributed by atoms with van der Waals surface area (Å²) < 4.78 is 12.7. The van der Waals surface area contributed by atoms with Crippen molar-refractivity contribution in [2.75, 3.05) is 56.9 Å². The number of hydrogen-bond donors (Lipinski definition) is 2. The van der Waals surface area contributed by atoms with Gasteiger partial charge in [0.2, 0.25) is 5.91 Å². The summed E-state index contributed by atoms with van der Waals surface area (Å²) in [6.07, 6.45) is 6.60. The second-order valence-corrected chi connectivity index (χ2v) is 12.0. The van der Waals surface area contributed by atoms with E-state index in [4.69, 9.17) is 32.7 Å². The summed E-state index contributed by atoms with van der Waals surface area (Å²) >= 11 is 13.5. The van der Waals surface area contributed by atoms with Crippen LogP contribution in [-0.4, -0.2) is 77.8 Å². The number of fused-ring (bicyclic) bond motifs is 3. The number of amides is 1. The fourth-order valence-electron chi connectivity index (χ4n) is 5.85. The number of piperidine rings is 1. The summed E-state index contributed by atoms with van der Waals surface area (Å²) in [6.45, 7) is 5.49. The molecule has 13 heteroatoms. The highest BCUT2D eigenvalue weighted by Crippen LogP contribution is 2.47. The molecule has 0 saturated carbocycles. The van der Waals surface area contributed by atoms with Crippen LogP contribution in [-0.2, 0) is 4.79 Å². The summed E-state index contributed by atoms with van der Waals surface area (Å²) in [6, 6.07) is 12.0. The summed E-state index contributed by atoms with van der Waals surface area (Å²) in [4.78, 5) is 26.2. The van der Waals surface area contributed by atoms with Crippen LogP contribution in [0.3, 0.4) is 0 Å². The maximum Gasteiger partial charge on any atom is 0.247 e. The van der Waals surface area contributed by atoms with Gasteiger partial charge in [0.1, 0.15) is 23.6 Å². The molecule has 238 valence electrons. The largest absolute Gasteiger partial charge is 0.495 e. The second-order valence-electron chi connectivity index (χ2n) is 11.2. The minimum absolute atomic E-state index is 0.304. The van der Waals surface area contributed by atoms with Crippen molar-refractivity contribution in [1.82, 2.24) is 24.5 Å². The Morgan fingerprint density at radius 3 is 2.39 bits per heavy atom. The number of halogens is 2. The third kappa shape index (κ3) is 5.89. The molecule has 1 aliphatic rings. The van der Waals surface area contributed by atoms with E-state index in [0.717, 1.165) is 42.5 Å². The summed E-state index contributed by atoms with van der Waals surface area (Å²) in [5.74, 6) is 1.07. The van der Waals surface area contributed by atoms with Crippen molar-refractivity contribution in [2.45, 2.75) is 18.9 Å². The van der Waals surface area contributed by atoms with Gasteiger partial charge in [0.25, 0.3) is 0 Å². The number of aromatic nitrogens is 4. The molecular weight excluding hydrogens is 627 g/mol. The van der Waals surface area contributed by atoms with Crippen molar-refractivity contribution in [3.8, 4) is 22.6 Å². The second kappa shape index (κ2) is 13.0. The Balaban J connectivity index is 1.37. The molecule has 1 saturated heterocycles. The number of nitrogens with zero attached hydrogens (tertiary/aromatic N) is 6. The molecule has 0 aliphatic carbocycles. The maximum atomic E-state index is 12.4. The molecule has 5 aromatic rings. The molecule has 0 spiro atoms. The third-order valence-electron chi connectivity index (χ3n) is 8.34. The van der Waals surface area contributed by atoms with E-state index in [1.807, 2.05) is 24.3 Å². The molecule has 4 heterocycles. The van der Waals surface area contributed by atoms with E-state index in [-0.39, 0.29) is 5.91 Å². The van der Waals surface area contributed by atoms with Gasteiger partial charge in [-0.25, -0.2) is 14.5 Å². The van der Waals surface area contributed by atoms with Gasteiger partial charge in [0, 0.05) is 59.7 Å². The smallest absolute Gasteiger partial charge is 0.247 e. The Morgan fingerprint density at radius 2 is 1.74 bits per heavy atom. The van der Waals surface area contributed by atoms with Gasteiger partial charge in [0.15, 0.2) is 5.65 Å². The SMILES string of the molecule is C=CC(=O)Nc1cc(N2CCC(N(C)C)CC2)ccc1Nc1cc2c(cn1)cc(-c1c(Cl)c(OC)cc(OC)c1Cl)c1ncnn12. The lowest BCUT2D eigenvalue weighted by Crippen LogP contribution is -2.42. The number of ether oxygens (including phenoxy) is 2. The maximum absolute atomic E-state index is 12.4. The Bertz CT molecular complexity index is 1930. The van der Waals surface area contributed by atoms with E-state index in [2.05, 4.69) is 62.2 Å². The first-order valence-electron chi connectivity index (χ1n) is 14.7. The number of carbonyl (C=O) groups excluding carboxylic acids is 1. The van der Waals surface area contributed by atoms with Crippen LogP contribution in [0.25, 0.3) is 27.7 Å². The van der Waals surface area contributed by atoms with Gasteiger partial charge in [-0.3, -0.25) is 4.79 Å². The molecule has 1 fully saturated rings. The normalized spacial score (nSPS) is 13.8. The van der Waals surface area contributed by atoms with E-state index in [0.29, 0.717) is 61.6 Å². The number of anilines is 4. The Hall–Kier alpha value is -4.58. The van der Waals surface area contributed by atoms with E-state index >= 15 is 0 Å². The van der Waals surface area contributed by atoms with E-state index < -0.39 is 0 Å². The summed E-state index contributed by atoms with van der Waals surface area (Å²) in [5, 5.41) is 12.2. The van der Waals surface area contributed by atoms with Crippen molar-refractivity contribution < 1.29 is 14.3 Å².